The van der Waals surface area contributed by atoms with Crippen molar-refractivity contribution in [2.75, 3.05) is 44.7 Å². The van der Waals surface area contributed by atoms with Crippen LogP contribution in [0, 0.1) is 5.82 Å². The highest BCUT2D eigenvalue weighted by Gasteiger charge is 2.29. The second kappa shape index (κ2) is 13.1. The highest BCUT2D eigenvalue weighted by atomic mass is 19.1. The molecule has 2 aliphatic rings. The molecule has 1 fully saturated rings. The lowest BCUT2D eigenvalue weighted by atomic mass is 10.0. The van der Waals surface area contributed by atoms with Gasteiger partial charge < -0.3 is 30.0 Å². The minimum absolute atomic E-state index is 0.0545. The molecule has 0 atom stereocenters. The molecule has 10 nitrogen and oxygen atoms in total. The van der Waals surface area contributed by atoms with E-state index in [0.717, 1.165) is 50.6 Å². The van der Waals surface area contributed by atoms with E-state index in [1.165, 1.54) is 11.6 Å². The molecular formula is C27H35FN6O4. The average Bonchev–Trinajstić information content (AvgIpc) is 2.96. The average molecular weight is 527 g/mol. The molecule has 0 unspecified atom stereocenters. The summed E-state index contributed by atoms with van der Waals surface area (Å²) in [5.74, 6) is 4.98. The van der Waals surface area contributed by atoms with Crippen LogP contribution < -0.4 is 26.2 Å². The van der Waals surface area contributed by atoms with Gasteiger partial charge in [-0.05, 0) is 55.2 Å². The molecule has 0 bridgehead atoms. The monoisotopic (exact) mass is 526 g/mol. The van der Waals surface area contributed by atoms with E-state index >= 15 is 4.39 Å². The van der Waals surface area contributed by atoms with Crippen molar-refractivity contribution in [2.45, 2.75) is 38.3 Å². The Hall–Kier alpha value is -3.86. The van der Waals surface area contributed by atoms with Crippen molar-refractivity contribution in [1.29, 1.82) is 0 Å². The van der Waals surface area contributed by atoms with Crippen LogP contribution in [0.3, 0.4) is 0 Å². The van der Waals surface area contributed by atoms with Crippen molar-refractivity contribution in [1.82, 2.24) is 15.5 Å². The molecule has 11 heteroatoms. The largest absolute Gasteiger partial charge is 0.497 e. The van der Waals surface area contributed by atoms with Crippen LogP contribution in [0.25, 0.3) is 0 Å². The zero-order valence-electron chi connectivity index (χ0n) is 21.6. The molecule has 2 aromatic rings. The standard InChI is InChI=1S/C27H35FN6O4/c1-37-22-6-3-19(4-7-22)18-34(27-31-12-2-13-32-27)21-10-15-33(16-11-21)24-8-5-20(17-23(24)28)26(36)30-14-9-25(35)38-29/h3-8,17,21H,2,9-16,18,29H2,1H3,(H,30,36)(H,31,32). The zero-order valence-corrected chi connectivity index (χ0v) is 21.6. The second-order valence-corrected chi connectivity index (χ2v) is 9.34. The maximum absolute atomic E-state index is 15.0. The van der Waals surface area contributed by atoms with E-state index in [1.807, 2.05) is 17.0 Å². The first-order valence-corrected chi connectivity index (χ1v) is 12.9. The van der Waals surface area contributed by atoms with Gasteiger partial charge in [-0.3, -0.25) is 14.6 Å². The molecule has 2 aromatic carbocycles. The van der Waals surface area contributed by atoms with E-state index in [-0.39, 0.29) is 24.6 Å². The van der Waals surface area contributed by atoms with Crippen LogP contribution in [0.15, 0.2) is 47.5 Å². The number of rotatable bonds is 9. The number of benzene rings is 2. The van der Waals surface area contributed by atoms with Crippen LogP contribution >= 0.6 is 0 Å². The number of aliphatic imine (C=N–C) groups is 1. The third-order valence-corrected chi connectivity index (χ3v) is 6.87. The maximum Gasteiger partial charge on any atom is 0.326 e. The summed E-state index contributed by atoms with van der Waals surface area (Å²) >= 11 is 0. The second-order valence-electron chi connectivity index (χ2n) is 9.34. The van der Waals surface area contributed by atoms with Gasteiger partial charge in [-0.1, -0.05) is 12.1 Å². The van der Waals surface area contributed by atoms with Gasteiger partial charge in [0.05, 0.1) is 19.2 Å². The molecule has 4 N–H and O–H groups in total. The number of methoxy groups -OCH3 is 1. The van der Waals surface area contributed by atoms with E-state index in [9.17, 15) is 9.59 Å². The van der Waals surface area contributed by atoms with Crippen LogP contribution in [-0.4, -0.2) is 68.6 Å². The molecule has 0 aromatic heterocycles. The normalized spacial score (nSPS) is 15.8. The fraction of sp³-hybridized carbons (Fsp3) is 0.444. The highest BCUT2D eigenvalue weighted by Crippen LogP contribution is 2.27. The Morgan fingerprint density at radius 1 is 1.21 bits per heavy atom. The number of carbonyl (C=O) groups excluding carboxylic acids is 2. The number of anilines is 1. The van der Waals surface area contributed by atoms with Crippen LogP contribution in [0.4, 0.5) is 10.1 Å². The Morgan fingerprint density at radius 2 is 1.97 bits per heavy atom. The molecule has 204 valence electrons. The minimum atomic E-state index is -0.635. The summed E-state index contributed by atoms with van der Waals surface area (Å²) < 4.78 is 20.3. The van der Waals surface area contributed by atoms with Gasteiger partial charge in [-0.2, -0.15) is 5.90 Å². The number of hydrogen-bond donors (Lipinski definition) is 3. The maximum atomic E-state index is 15.0. The molecule has 1 amide bonds. The first-order chi connectivity index (χ1) is 18.5. The van der Waals surface area contributed by atoms with Crippen molar-refractivity contribution in [3.05, 3.63) is 59.4 Å². The molecule has 0 aliphatic carbocycles. The molecule has 2 aliphatic heterocycles. The number of nitrogens with zero attached hydrogens (tertiary/aromatic N) is 3. The third-order valence-electron chi connectivity index (χ3n) is 6.87. The molecule has 0 radical (unpaired) electrons. The van der Waals surface area contributed by atoms with Gasteiger partial charge >= 0.3 is 5.97 Å². The zero-order chi connectivity index (χ0) is 26.9. The van der Waals surface area contributed by atoms with E-state index in [4.69, 9.17) is 15.6 Å². The van der Waals surface area contributed by atoms with E-state index < -0.39 is 17.7 Å². The van der Waals surface area contributed by atoms with Crippen LogP contribution in [0.1, 0.15) is 41.6 Å². The first-order valence-electron chi connectivity index (χ1n) is 12.9. The van der Waals surface area contributed by atoms with Gasteiger partial charge in [0, 0.05) is 50.9 Å². The number of piperidine rings is 1. The van der Waals surface area contributed by atoms with Gasteiger partial charge in [0.1, 0.15) is 11.6 Å². The van der Waals surface area contributed by atoms with Gasteiger partial charge in [0.15, 0.2) is 5.96 Å². The first kappa shape index (κ1) is 27.2. The lowest BCUT2D eigenvalue weighted by Crippen LogP contribution is -2.52. The number of ether oxygens (including phenoxy) is 1. The SMILES string of the molecule is COc1ccc(CN(C2=NCCCN2)C2CCN(c3ccc(C(=O)NCCC(=O)ON)cc3F)CC2)cc1. The smallest absolute Gasteiger partial charge is 0.326 e. The van der Waals surface area contributed by atoms with E-state index in [1.54, 1.807) is 19.2 Å². The topological polar surface area (TPSA) is 122 Å². The summed E-state index contributed by atoms with van der Waals surface area (Å²) in [5, 5.41) is 6.02. The fourth-order valence-corrected chi connectivity index (χ4v) is 4.78. The molecule has 38 heavy (non-hydrogen) atoms. The molecule has 4 rings (SSSR count). The Bertz CT molecular complexity index is 1130. The Labute approximate surface area is 221 Å². The van der Waals surface area contributed by atoms with E-state index in [2.05, 4.69) is 32.5 Å². The Morgan fingerprint density at radius 3 is 2.61 bits per heavy atom. The quantitative estimate of drug-likeness (QED) is 0.425. The van der Waals surface area contributed by atoms with Crippen LogP contribution in [-0.2, 0) is 16.2 Å². The molecule has 0 spiro atoms. The van der Waals surface area contributed by atoms with Crippen LogP contribution in [0.5, 0.6) is 5.75 Å². The summed E-state index contributed by atoms with van der Waals surface area (Å²) in [4.78, 5) is 36.6. The van der Waals surface area contributed by atoms with Gasteiger partial charge in [-0.25, -0.2) is 4.39 Å². The minimum Gasteiger partial charge on any atom is -0.497 e. The molecular weight excluding hydrogens is 491 g/mol. The summed E-state index contributed by atoms with van der Waals surface area (Å²) in [6.07, 6.45) is 2.65. The lowest BCUT2D eigenvalue weighted by molar-refractivity contribution is -0.144. The van der Waals surface area contributed by atoms with Crippen molar-refractivity contribution < 1.29 is 23.6 Å². The van der Waals surface area contributed by atoms with Crippen molar-refractivity contribution in [2.24, 2.45) is 10.9 Å². The van der Waals surface area contributed by atoms with E-state index in [0.29, 0.717) is 18.8 Å². The van der Waals surface area contributed by atoms with Gasteiger partial charge in [0.25, 0.3) is 5.91 Å². The van der Waals surface area contributed by atoms with Gasteiger partial charge in [0.2, 0.25) is 0 Å². The van der Waals surface area contributed by atoms with Crippen molar-refractivity contribution >= 4 is 23.5 Å². The predicted molar refractivity (Wildman–Crippen MR) is 142 cm³/mol. The molecule has 0 saturated carbocycles. The lowest BCUT2D eigenvalue weighted by Gasteiger charge is -2.41. The summed E-state index contributed by atoms with van der Waals surface area (Å²) in [7, 11) is 1.66. The molecule has 2 heterocycles. The number of nitrogens with two attached hydrogens (primary N) is 1. The van der Waals surface area contributed by atoms with Gasteiger partial charge in [-0.15, -0.1) is 0 Å². The summed E-state index contributed by atoms with van der Waals surface area (Å²) in [5.41, 5.74) is 1.83. The highest BCUT2D eigenvalue weighted by molar-refractivity contribution is 5.94. The number of hydrogen-bond acceptors (Lipinski definition) is 9. The fourth-order valence-electron chi connectivity index (χ4n) is 4.78. The predicted octanol–water partition coefficient (Wildman–Crippen LogP) is 2.19. The number of carbonyl (C=O) groups is 2. The Balaban J connectivity index is 1.38. The van der Waals surface area contributed by atoms with Crippen molar-refractivity contribution in [3.63, 3.8) is 0 Å². The summed E-state index contributed by atoms with van der Waals surface area (Å²) in [6, 6.07) is 12.8. The molecule has 1 saturated heterocycles. The number of amides is 1. The number of halogens is 1. The van der Waals surface area contributed by atoms with Crippen LogP contribution in [0.2, 0.25) is 0 Å². The third kappa shape index (κ3) is 6.91. The number of guanidine groups is 1. The summed E-state index contributed by atoms with van der Waals surface area (Å²) in [6.45, 7) is 3.85. The Kier molecular flexibility index (Phi) is 9.36. The number of nitrogens with one attached hydrogen (secondary N) is 2. The van der Waals surface area contributed by atoms with Crippen molar-refractivity contribution in [3.8, 4) is 5.75 Å².